The van der Waals surface area contributed by atoms with E-state index in [1.807, 2.05) is 0 Å². The lowest BCUT2D eigenvalue weighted by atomic mass is 10.2. The Morgan fingerprint density at radius 2 is 2.33 bits per heavy atom. The number of nitrogens with zero attached hydrogens (tertiary/aromatic N) is 3. The zero-order valence-electron chi connectivity index (χ0n) is 10.2. The molecule has 1 fully saturated rings. The SMILES string of the molecule is Cc1cc(NC2CCN(C)C2=O)ncc1[N+](=O)[O-]. The van der Waals surface area contributed by atoms with Crippen LogP contribution in [0.4, 0.5) is 11.5 Å². The van der Waals surface area contributed by atoms with E-state index in [1.54, 1.807) is 24.9 Å². The second-order valence-corrected chi connectivity index (χ2v) is 4.36. The zero-order valence-corrected chi connectivity index (χ0v) is 10.2. The molecule has 18 heavy (non-hydrogen) atoms. The first-order valence-electron chi connectivity index (χ1n) is 5.61. The molecule has 1 aromatic heterocycles. The Bertz CT molecular complexity index is 503. The number of hydrogen-bond acceptors (Lipinski definition) is 5. The van der Waals surface area contributed by atoms with Crippen LogP contribution in [0.5, 0.6) is 0 Å². The van der Waals surface area contributed by atoms with Gasteiger partial charge in [-0.15, -0.1) is 0 Å². The summed E-state index contributed by atoms with van der Waals surface area (Å²) in [4.78, 5) is 27.5. The highest BCUT2D eigenvalue weighted by Crippen LogP contribution is 2.21. The topological polar surface area (TPSA) is 88.4 Å². The first kappa shape index (κ1) is 12.3. The molecule has 2 rings (SSSR count). The highest BCUT2D eigenvalue weighted by atomic mass is 16.6. The van der Waals surface area contributed by atoms with Crippen LogP contribution in [0, 0.1) is 17.0 Å². The minimum Gasteiger partial charge on any atom is -0.358 e. The minimum atomic E-state index is -0.472. The summed E-state index contributed by atoms with van der Waals surface area (Å²) in [5, 5.41) is 13.7. The van der Waals surface area contributed by atoms with Crippen molar-refractivity contribution >= 4 is 17.4 Å². The van der Waals surface area contributed by atoms with Gasteiger partial charge < -0.3 is 10.2 Å². The average molecular weight is 250 g/mol. The van der Waals surface area contributed by atoms with E-state index in [-0.39, 0.29) is 17.6 Å². The third-order valence-corrected chi connectivity index (χ3v) is 3.03. The van der Waals surface area contributed by atoms with E-state index >= 15 is 0 Å². The molecule has 1 atom stereocenters. The van der Waals surface area contributed by atoms with Crippen LogP contribution in [0.15, 0.2) is 12.3 Å². The number of likely N-dealkylation sites (tertiary alicyclic amines) is 1. The van der Waals surface area contributed by atoms with Gasteiger partial charge in [-0.1, -0.05) is 0 Å². The van der Waals surface area contributed by atoms with Crippen molar-refractivity contribution in [3.8, 4) is 0 Å². The maximum absolute atomic E-state index is 11.7. The molecule has 1 unspecified atom stereocenters. The number of nitro groups is 1. The largest absolute Gasteiger partial charge is 0.358 e. The number of carbonyl (C=O) groups excluding carboxylic acids is 1. The molecule has 0 aromatic carbocycles. The molecule has 7 nitrogen and oxygen atoms in total. The molecular formula is C11H14N4O3. The van der Waals surface area contributed by atoms with E-state index in [0.29, 0.717) is 24.3 Å². The highest BCUT2D eigenvalue weighted by molar-refractivity contribution is 5.86. The molecule has 0 spiro atoms. The van der Waals surface area contributed by atoms with Crippen LogP contribution in [0.25, 0.3) is 0 Å². The monoisotopic (exact) mass is 250 g/mol. The molecule has 96 valence electrons. The maximum Gasteiger partial charge on any atom is 0.290 e. The van der Waals surface area contributed by atoms with E-state index in [2.05, 4.69) is 10.3 Å². The molecule has 1 aromatic rings. The van der Waals surface area contributed by atoms with Crippen LogP contribution in [-0.2, 0) is 4.79 Å². The van der Waals surface area contributed by atoms with Crippen molar-refractivity contribution < 1.29 is 9.72 Å². The quantitative estimate of drug-likeness (QED) is 0.637. The lowest BCUT2D eigenvalue weighted by Crippen LogP contribution is -2.31. The number of amides is 1. The van der Waals surface area contributed by atoms with E-state index in [9.17, 15) is 14.9 Å². The molecule has 1 amide bonds. The molecule has 0 radical (unpaired) electrons. The first-order chi connectivity index (χ1) is 8.49. The van der Waals surface area contributed by atoms with Crippen LogP contribution < -0.4 is 5.32 Å². The number of likely N-dealkylation sites (N-methyl/N-ethyl adjacent to an activating group) is 1. The van der Waals surface area contributed by atoms with Crippen molar-refractivity contribution in [1.82, 2.24) is 9.88 Å². The summed E-state index contributed by atoms with van der Waals surface area (Å²) in [6.45, 7) is 2.36. The number of pyridine rings is 1. The lowest BCUT2D eigenvalue weighted by Gasteiger charge is -2.12. The number of aryl methyl sites for hydroxylation is 1. The van der Waals surface area contributed by atoms with Gasteiger partial charge in [0.2, 0.25) is 5.91 Å². The Morgan fingerprint density at radius 3 is 2.83 bits per heavy atom. The average Bonchev–Trinajstić information content (AvgIpc) is 2.61. The summed E-state index contributed by atoms with van der Waals surface area (Å²) >= 11 is 0. The van der Waals surface area contributed by atoms with Gasteiger partial charge in [0.25, 0.3) is 5.69 Å². The fraction of sp³-hybridized carbons (Fsp3) is 0.455. The fourth-order valence-electron chi connectivity index (χ4n) is 1.95. The molecule has 1 saturated heterocycles. The van der Waals surface area contributed by atoms with Crippen molar-refractivity contribution in [2.24, 2.45) is 0 Å². The van der Waals surface area contributed by atoms with E-state index in [4.69, 9.17) is 0 Å². The highest BCUT2D eigenvalue weighted by Gasteiger charge is 2.29. The smallest absolute Gasteiger partial charge is 0.290 e. The van der Waals surface area contributed by atoms with Crippen LogP contribution >= 0.6 is 0 Å². The summed E-state index contributed by atoms with van der Waals surface area (Å²) < 4.78 is 0. The molecule has 1 N–H and O–H groups in total. The predicted molar refractivity (Wildman–Crippen MR) is 65.3 cm³/mol. The van der Waals surface area contributed by atoms with E-state index in [1.165, 1.54) is 6.20 Å². The molecular weight excluding hydrogens is 236 g/mol. The van der Waals surface area contributed by atoms with Crippen LogP contribution in [0.3, 0.4) is 0 Å². The van der Waals surface area contributed by atoms with Gasteiger partial charge in [0.05, 0.1) is 4.92 Å². The van der Waals surface area contributed by atoms with Crippen molar-refractivity contribution in [2.75, 3.05) is 18.9 Å². The van der Waals surface area contributed by atoms with E-state index < -0.39 is 4.92 Å². The second-order valence-electron chi connectivity index (χ2n) is 4.36. The Balaban J connectivity index is 2.14. The first-order valence-corrected chi connectivity index (χ1v) is 5.61. The molecule has 1 aliphatic rings. The summed E-state index contributed by atoms with van der Waals surface area (Å²) in [7, 11) is 1.75. The maximum atomic E-state index is 11.7. The van der Waals surface area contributed by atoms with Crippen LogP contribution in [0.2, 0.25) is 0 Å². The Hall–Kier alpha value is -2.18. The van der Waals surface area contributed by atoms with Crippen molar-refractivity contribution in [3.63, 3.8) is 0 Å². The normalized spacial score (nSPS) is 19.1. The number of rotatable bonds is 3. The van der Waals surface area contributed by atoms with Gasteiger partial charge in [0, 0.05) is 19.2 Å². The Labute approximate surface area is 104 Å². The molecule has 7 heteroatoms. The summed E-state index contributed by atoms with van der Waals surface area (Å²) in [5.74, 6) is 0.513. The summed E-state index contributed by atoms with van der Waals surface area (Å²) in [5.41, 5.74) is 0.506. The third kappa shape index (κ3) is 2.24. The standard InChI is InChI=1S/C11H14N4O3/c1-7-5-10(12-6-9(7)15(17)18)13-8-3-4-14(2)11(8)16/h5-6,8H,3-4H2,1-2H3,(H,12,13). The van der Waals surface area contributed by atoms with Gasteiger partial charge in [-0.25, -0.2) is 4.98 Å². The lowest BCUT2D eigenvalue weighted by molar-refractivity contribution is -0.385. The van der Waals surface area contributed by atoms with Crippen molar-refractivity contribution in [3.05, 3.63) is 27.9 Å². The van der Waals surface area contributed by atoms with Crippen molar-refractivity contribution in [2.45, 2.75) is 19.4 Å². The number of hydrogen-bond donors (Lipinski definition) is 1. The van der Waals surface area contributed by atoms with E-state index in [0.717, 1.165) is 0 Å². The van der Waals surface area contributed by atoms with Gasteiger partial charge >= 0.3 is 0 Å². The predicted octanol–water partition coefficient (Wildman–Crippen LogP) is 0.941. The summed E-state index contributed by atoms with van der Waals surface area (Å²) in [6, 6.07) is 1.30. The van der Waals surface area contributed by atoms with Gasteiger partial charge in [0.15, 0.2) is 0 Å². The zero-order chi connectivity index (χ0) is 13.3. The number of nitrogens with one attached hydrogen (secondary N) is 1. The number of carbonyl (C=O) groups is 1. The Kier molecular flexibility index (Phi) is 3.14. The van der Waals surface area contributed by atoms with Gasteiger partial charge in [-0.3, -0.25) is 14.9 Å². The van der Waals surface area contributed by atoms with Crippen LogP contribution in [0.1, 0.15) is 12.0 Å². The van der Waals surface area contributed by atoms with Crippen LogP contribution in [-0.4, -0.2) is 40.3 Å². The van der Waals surface area contributed by atoms with Gasteiger partial charge in [-0.05, 0) is 19.4 Å². The molecule has 0 aliphatic carbocycles. The minimum absolute atomic E-state index is 0.0181. The Morgan fingerprint density at radius 1 is 1.61 bits per heavy atom. The second kappa shape index (κ2) is 4.59. The van der Waals surface area contributed by atoms with Gasteiger partial charge in [-0.2, -0.15) is 0 Å². The molecule has 1 aliphatic heterocycles. The molecule has 2 heterocycles. The summed E-state index contributed by atoms with van der Waals surface area (Å²) in [6.07, 6.45) is 1.92. The van der Waals surface area contributed by atoms with Gasteiger partial charge in [0.1, 0.15) is 18.1 Å². The van der Waals surface area contributed by atoms with Crippen molar-refractivity contribution in [1.29, 1.82) is 0 Å². The molecule has 0 saturated carbocycles. The third-order valence-electron chi connectivity index (χ3n) is 3.03. The number of aromatic nitrogens is 1. The number of anilines is 1. The molecule has 0 bridgehead atoms. The fourth-order valence-corrected chi connectivity index (χ4v) is 1.95.